The number of ketones is 2. The third-order valence-corrected chi connectivity index (χ3v) is 7.82. The molecule has 0 spiro atoms. The number of benzene rings is 3. The van der Waals surface area contributed by atoms with Crippen LogP contribution >= 0.6 is 11.3 Å². The molecule has 3 aromatic carbocycles. The van der Waals surface area contributed by atoms with E-state index in [-0.39, 0.29) is 22.2 Å². The number of aliphatic hydroxyl groups is 1. The van der Waals surface area contributed by atoms with Gasteiger partial charge in [0, 0.05) is 12.5 Å². The predicted octanol–water partition coefficient (Wildman–Crippen LogP) is 5.87. The summed E-state index contributed by atoms with van der Waals surface area (Å²) in [5.74, 6) is -1.02. The highest BCUT2D eigenvalue weighted by molar-refractivity contribution is 7.18. The summed E-state index contributed by atoms with van der Waals surface area (Å²) in [6, 6.07) is 22.3. The lowest BCUT2D eigenvalue weighted by Gasteiger charge is -2.23. The Labute approximate surface area is 235 Å². The quantitative estimate of drug-likeness (QED) is 0.126. The molecule has 5 rings (SSSR count). The van der Waals surface area contributed by atoms with Crippen LogP contribution in [0.15, 0.2) is 84.4 Å². The fourth-order valence-electron chi connectivity index (χ4n) is 4.55. The molecule has 1 aromatic heterocycles. The zero-order valence-electron chi connectivity index (χ0n) is 22.1. The molecule has 9 heteroatoms. The highest BCUT2D eigenvalue weighted by atomic mass is 32.1. The van der Waals surface area contributed by atoms with Gasteiger partial charge in [-0.1, -0.05) is 53.8 Å². The van der Waals surface area contributed by atoms with E-state index in [1.165, 1.54) is 18.9 Å². The lowest BCUT2D eigenvalue weighted by atomic mass is 9.95. The monoisotopic (exact) mass is 554 g/mol. The van der Waals surface area contributed by atoms with E-state index >= 15 is 0 Å². The Hall–Kier alpha value is -4.76. The maximum absolute atomic E-state index is 13.4. The largest absolute Gasteiger partial charge is 0.507 e. The molecule has 1 aliphatic heterocycles. The summed E-state index contributed by atoms with van der Waals surface area (Å²) in [7, 11) is 1.53. The van der Waals surface area contributed by atoms with Gasteiger partial charge in [0.05, 0.1) is 29.3 Å². The van der Waals surface area contributed by atoms with Crippen molar-refractivity contribution in [3.8, 4) is 11.5 Å². The van der Waals surface area contributed by atoms with E-state index in [0.717, 1.165) is 16.9 Å². The number of hydrogen-bond acceptors (Lipinski definition) is 8. The molecule has 202 valence electrons. The summed E-state index contributed by atoms with van der Waals surface area (Å²) in [6.45, 7) is 3.48. The third kappa shape index (κ3) is 5.11. The maximum atomic E-state index is 13.4. The molecule has 40 heavy (non-hydrogen) atoms. The maximum Gasteiger partial charge on any atom is 0.301 e. The molecule has 1 atom stereocenters. The van der Waals surface area contributed by atoms with Crippen LogP contribution in [0.5, 0.6) is 11.5 Å². The zero-order chi connectivity index (χ0) is 28.4. The van der Waals surface area contributed by atoms with Gasteiger partial charge in [-0.05, 0) is 54.4 Å². The van der Waals surface area contributed by atoms with E-state index < -0.39 is 17.7 Å². The Morgan fingerprint density at radius 1 is 0.975 bits per heavy atom. The molecular formula is C31H26N2O6S. The molecule has 1 amide bonds. The minimum atomic E-state index is -0.976. The smallest absolute Gasteiger partial charge is 0.301 e. The van der Waals surface area contributed by atoms with Crippen LogP contribution in [0.3, 0.4) is 0 Å². The Morgan fingerprint density at radius 3 is 2.23 bits per heavy atom. The van der Waals surface area contributed by atoms with Crippen molar-refractivity contribution >= 4 is 39.7 Å². The summed E-state index contributed by atoms with van der Waals surface area (Å²) in [5.41, 5.74) is 2.32. The van der Waals surface area contributed by atoms with Crippen molar-refractivity contribution in [2.24, 2.45) is 0 Å². The second-order valence-corrected chi connectivity index (χ2v) is 10.2. The number of rotatable bonds is 8. The summed E-state index contributed by atoms with van der Waals surface area (Å²) in [4.78, 5) is 45.1. The average molecular weight is 555 g/mol. The highest BCUT2D eigenvalue weighted by Gasteiger charge is 2.48. The van der Waals surface area contributed by atoms with Gasteiger partial charge in [0.15, 0.2) is 10.9 Å². The fraction of sp³-hybridized carbons (Fsp3) is 0.161. The van der Waals surface area contributed by atoms with E-state index in [1.807, 2.05) is 30.3 Å². The molecular weight excluding hydrogens is 528 g/mol. The molecule has 4 aromatic rings. The van der Waals surface area contributed by atoms with E-state index in [1.54, 1.807) is 55.5 Å². The standard InChI is InChI=1S/C31H26N2O6S/c1-18-29(19(2)34)40-31(32-18)33-26(21-9-15-24(16-10-21)39-17-20-7-5-4-6-8-20)25(28(36)30(33)37)27(35)22-11-13-23(38-3)14-12-22/h4-16,26,35H,17H2,1-3H3/t26-/m1/s1. The van der Waals surface area contributed by atoms with Gasteiger partial charge in [-0.15, -0.1) is 0 Å². The normalized spacial score (nSPS) is 16.3. The second kappa shape index (κ2) is 11.2. The van der Waals surface area contributed by atoms with Crippen molar-refractivity contribution in [1.82, 2.24) is 4.98 Å². The fourth-order valence-corrected chi connectivity index (χ4v) is 5.54. The van der Waals surface area contributed by atoms with Gasteiger partial charge in [0.25, 0.3) is 5.78 Å². The van der Waals surface area contributed by atoms with Crippen LogP contribution < -0.4 is 14.4 Å². The number of amides is 1. The van der Waals surface area contributed by atoms with Gasteiger partial charge in [0.2, 0.25) is 0 Å². The average Bonchev–Trinajstić information content (AvgIpc) is 3.49. The van der Waals surface area contributed by atoms with Gasteiger partial charge >= 0.3 is 5.91 Å². The lowest BCUT2D eigenvalue weighted by Crippen LogP contribution is -2.29. The van der Waals surface area contributed by atoms with Crippen molar-refractivity contribution in [2.75, 3.05) is 12.0 Å². The second-order valence-electron chi connectivity index (χ2n) is 9.21. The number of Topliss-reactive ketones (excluding diaryl/α,β-unsaturated/α-hetero) is 2. The van der Waals surface area contributed by atoms with Crippen LogP contribution in [0.4, 0.5) is 5.13 Å². The first kappa shape index (κ1) is 26.8. The first-order valence-electron chi connectivity index (χ1n) is 12.5. The number of methoxy groups -OCH3 is 1. The van der Waals surface area contributed by atoms with Crippen LogP contribution in [0.1, 0.15) is 45.0 Å². The number of ether oxygens (including phenoxy) is 2. The number of aryl methyl sites for hydroxylation is 1. The molecule has 0 radical (unpaired) electrons. The SMILES string of the molecule is COc1ccc(C(O)=C2C(=O)C(=O)N(c3nc(C)c(C(C)=O)s3)[C@@H]2c2ccc(OCc3ccccc3)cc2)cc1. The first-order valence-corrected chi connectivity index (χ1v) is 13.3. The van der Waals surface area contributed by atoms with Crippen molar-refractivity contribution in [2.45, 2.75) is 26.5 Å². The predicted molar refractivity (Wildman–Crippen MR) is 152 cm³/mol. The molecule has 1 fully saturated rings. The van der Waals surface area contributed by atoms with Crippen molar-refractivity contribution in [3.05, 3.63) is 112 Å². The Balaban J connectivity index is 1.57. The highest BCUT2D eigenvalue weighted by Crippen LogP contribution is 2.44. The van der Waals surface area contributed by atoms with Gasteiger partial charge in [-0.25, -0.2) is 4.98 Å². The van der Waals surface area contributed by atoms with Gasteiger partial charge in [0.1, 0.15) is 23.9 Å². The molecule has 8 nitrogen and oxygen atoms in total. The molecule has 0 unspecified atom stereocenters. The molecule has 0 saturated carbocycles. The van der Waals surface area contributed by atoms with Crippen molar-refractivity contribution in [1.29, 1.82) is 0 Å². The van der Waals surface area contributed by atoms with Gasteiger partial charge < -0.3 is 14.6 Å². The van der Waals surface area contributed by atoms with Crippen LogP contribution in [-0.4, -0.2) is 34.7 Å². The molecule has 1 aliphatic rings. The van der Waals surface area contributed by atoms with Crippen LogP contribution in [0, 0.1) is 6.92 Å². The Kier molecular flexibility index (Phi) is 7.48. The van der Waals surface area contributed by atoms with Gasteiger partial charge in [-0.3, -0.25) is 19.3 Å². The number of aliphatic hydroxyl groups excluding tert-OH is 1. The number of anilines is 1. The number of carbonyl (C=O) groups excluding carboxylic acids is 3. The number of aromatic nitrogens is 1. The molecule has 2 heterocycles. The number of hydrogen-bond donors (Lipinski definition) is 1. The van der Waals surface area contributed by atoms with Crippen molar-refractivity contribution < 1.29 is 29.0 Å². The topological polar surface area (TPSA) is 106 Å². The van der Waals surface area contributed by atoms with E-state index in [2.05, 4.69) is 4.98 Å². The minimum absolute atomic E-state index is 0.0784. The summed E-state index contributed by atoms with van der Waals surface area (Å²) < 4.78 is 11.1. The lowest BCUT2D eigenvalue weighted by molar-refractivity contribution is -0.132. The number of carbonyl (C=O) groups is 3. The summed E-state index contributed by atoms with van der Waals surface area (Å²) >= 11 is 1.04. The van der Waals surface area contributed by atoms with Crippen LogP contribution in [0.25, 0.3) is 5.76 Å². The molecule has 1 saturated heterocycles. The van der Waals surface area contributed by atoms with E-state index in [9.17, 15) is 19.5 Å². The third-order valence-electron chi connectivity index (χ3n) is 6.56. The zero-order valence-corrected chi connectivity index (χ0v) is 22.9. The van der Waals surface area contributed by atoms with Crippen molar-refractivity contribution in [3.63, 3.8) is 0 Å². The molecule has 0 bridgehead atoms. The molecule has 1 N–H and O–H groups in total. The summed E-state index contributed by atoms with van der Waals surface area (Å²) in [5, 5.41) is 11.5. The van der Waals surface area contributed by atoms with E-state index in [0.29, 0.717) is 39.8 Å². The first-order chi connectivity index (χ1) is 19.3. The Morgan fingerprint density at radius 2 is 1.62 bits per heavy atom. The summed E-state index contributed by atoms with van der Waals surface area (Å²) in [6.07, 6.45) is 0. The van der Waals surface area contributed by atoms with Crippen LogP contribution in [-0.2, 0) is 16.2 Å². The Bertz CT molecular complexity index is 1610. The minimum Gasteiger partial charge on any atom is -0.507 e. The van der Waals surface area contributed by atoms with Crippen LogP contribution in [0.2, 0.25) is 0 Å². The van der Waals surface area contributed by atoms with Gasteiger partial charge in [-0.2, -0.15) is 0 Å². The molecule has 0 aliphatic carbocycles. The number of thiazole rings is 1. The van der Waals surface area contributed by atoms with E-state index in [4.69, 9.17) is 9.47 Å². The number of nitrogens with zero attached hydrogens (tertiary/aromatic N) is 2.